The highest BCUT2D eigenvalue weighted by molar-refractivity contribution is 5.95. The monoisotopic (exact) mass is 450 g/mol. The van der Waals surface area contributed by atoms with Crippen molar-refractivity contribution in [2.45, 2.75) is 65.2 Å². The Morgan fingerprint density at radius 1 is 1.03 bits per heavy atom. The summed E-state index contributed by atoms with van der Waals surface area (Å²) in [5, 5.41) is 0.551. The Morgan fingerprint density at radius 3 is 2.03 bits per heavy atom. The average molecular weight is 451 g/mol. The van der Waals surface area contributed by atoms with Crippen LogP contribution in [-0.2, 0) is 32.5 Å². The maximum Gasteiger partial charge on any atom is 0.420 e. The number of rotatable bonds is 4. The zero-order valence-electron chi connectivity index (χ0n) is 19.8. The fourth-order valence-corrected chi connectivity index (χ4v) is 3.18. The third-order valence-electron chi connectivity index (χ3n) is 4.41. The molecule has 0 spiro atoms. The number of hydrogen-bond donors (Lipinski definition) is 0. The number of imide groups is 1. The Morgan fingerprint density at radius 2 is 1.56 bits per heavy atom. The molecule has 0 aliphatic heterocycles. The van der Waals surface area contributed by atoms with E-state index in [1.165, 1.54) is 12.1 Å². The first-order valence-corrected chi connectivity index (χ1v) is 10.2. The number of fused-ring (bicyclic) bond motifs is 1. The van der Waals surface area contributed by atoms with Crippen LogP contribution in [0.15, 0.2) is 24.4 Å². The van der Waals surface area contributed by atoms with E-state index >= 15 is 0 Å². The minimum absolute atomic E-state index is 0.119. The molecule has 0 radical (unpaired) electrons. The van der Waals surface area contributed by atoms with Gasteiger partial charge in [0.2, 0.25) is 0 Å². The quantitative estimate of drug-likeness (QED) is 0.501. The van der Waals surface area contributed by atoms with Gasteiger partial charge < -0.3 is 18.8 Å². The van der Waals surface area contributed by atoms with Gasteiger partial charge in [-0.05, 0) is 65.3 Å². The number of amides is 2. The summed E-state index contributed by atoms with van der Waals surface area (Å²) in [5.74, 6) is -1.29. The summed E-state index contributed by atoms with van der Waals surface area (Å²) in [6.07, 6.45) is -0.504. The summed E-state index contributed by atoms with van der Waals surface area (Å²) in [5.41, 5.74) is -0.582. The Balaban J connectivity index is 2.56. The number of ether oxygens (including phenoxy) is 3. The molecule has 8 nitrogen and oxygen atoms in total. The van der Waals surface area contributed by atoms with Gasteiger partial charge in [0.1, 0.15) is 23.1 Å². The van der Waals surface area contributed by atoms with Crippen LogP contribution in [0.3, 0.4) is 0 Å². The normalized spacial score (nSPS) is 12.9. The number of methoxy groups -OCH3 is 1. The molecular weight excluding hydrogens is 419 g/mol. The molecule has 0 aliphatic rings. The predicted octanol–water partition coefficient (Wildman–Crippen LogP) is 4.57. The molecule has 32 heavy (non-hydrogen) atoms. The van der Waals surface area contributed by atoms with Gasteiger partial charge in [-0.25, -0.2) is 18.8 Å². The molecule has 1 aromatic heterocycles. The van der Waals surface area contributed by atoms with Gasteiger partial charge in [0.25, 0.3) is 0 Å². The lowest BCUT2D eigenvalue weighted by Crippen LogP contribution is -2.53. The van der Waals surface area contributed by atoms with Crippen LogP contribution in [0.1, 0.15) is 47.1 Å². The summed E-state index contributed by atoms with van der Waals surface area (Å²) < 4.78 is 31.3. The minimum Gasteiger partial charge on any atom is -0.467 e. The number of carbonyl (C=O) groups excluding carboxylic acids is 3. The fourth-order valence-electron chi connectivity index (χ4n) is 3.18. The zero-order chi connectivity index (χ0) is 24.4. The molecule has 0 saturated carbocycles. The van der Waals surface area contributed by atoms with Crippen molar-refractivity contribution in [1.29, 1.82) is 0 Å². The molecule has 176 valence electrons. The van der Waals surface area contributed by atoms with Gasteiger partial charge in [0.05, 0.1) is 7.11 Å². The lowest BCUT2D eigenvalue weighted by atomic mass is 10.0. The zero-order valence-corrected chi connectivity index (χ0v) is 19.8. The molecule has 2 aromatic rings. The molecule has 1 atom stereocenters. The van der Waals surface area contributed by atoms with Gasteiger partial charge in [0, 0.05) is 30.6 Å². The van der Waals surface area contributed by atoms with Crippen molar-refractivity contribution < 1.29 is 33.0 Å². The van der Waals surface area contributed by atoms with Gasteiger partial charge >= 0.3 is 18.2 Å². The lowest BCUT2D eigenvalue weighted by molar-refractivity contribution is -0.146. The Labute approximate surface area is 187 Å². The van der Waals surface area contributed by atoms with Crippen LogP contribution in [0.5, 0.6) is 0 Å². The number of benzene rings is 1. The van der Waals surface area contributed by atoms with Crippen LogP contribution in [0.25, 0.3) is 10.9 Å². The SMILES string of the molecule is COC(=O)C(Cc1cn(C)c2ccc(F)cc12)N(C(=O)OC(C)(C)C)C(=O)OC(C)(C)C. The Kier molecular flexibility index (Phi) is 7.22. The third kappa shape index (κ3) is 6.21. The highest BCUT2D eigenvalue weighted by Gasteiger charge is 2.41. The fraction of sp³-hybridized carbons (Fsp3) is 0.522. The van der Waals surface area contributed by atoms with E-state index < -0.39 is 41.2 Å². The summed E-state index contributed by atoms with van der Waals surface area (Å²) in [6.45, 7) is 9.83. The van der Waals surface area contributed by atoms with E-state index in [4.69, 9.17) is 14.2 Å². The number of nitrogens with zero attached hydrogens (tertiary/aromatic N) is 2. The van der Waals surface area contributed by atoms with Crippen LogP contribution in [0.4, 0.5) is 14.0 Å². The smallest absolute Gasteiger partial charge is 0.420 e. The van der Waals surface area contributed by atoms with E-state index in [9.17, 15) is 18.8 Å². The largest absolute Gasteiger partial charge is 0.467 e. The molecular formula is C23H31FN2O6. The van der Waals surface area contributed by atoms with Gasteiger partial charge in [-0.2, -0.15) is 4.90 Å². The van der Waals surface area contributed by atoms with Gasteiger partial charge in [-0.1, -0.05) is 0 Å². The van der Waals surface area contributed by atoms with Crippen molar-refractivity contribution in [3.05, 3.63) is 35.8 Å². The molecule has 1 unspecified atom stereocenters. The second-order valence-corrected chi connectivity index (χ2v) is 9.50. The van der Waals surface area contributed by atoms with Crippen molar-refractivity contribution in [2.75, 3.05) is 7.11 Å². The second kappa shape index (κ2) is 9.18. The summed E-state index contributed by atoms with van der Waals surface area (Å²) in [6, 6.07) is 2.89. The van der Waals surface area contributed by atoms with Gasteiger partial charge in [-0.15, -0.1) is 0 Å². The van der Waals surface area contributed by atoms with Crippen LogP contribution < -0.4 is 0 Å². The number of halogens is 1. The molecule has 0 fully saturated rings. The molecule has 0 aliphatic carbocycles. The molecule has 2 amide bonds. The molecule has 1 heterocycles. The number of aromatic nitrogens is 1. The van der Waals surface area contributed by atoms with Crippen molar-refractivity contribution >= 4 is 29.1 Å². The first-order chi connectivity index (χ1) is 14.6. The summed E-state index contributed by atoms with van der Waals surface area (Å²) >= 11 is 0. The minimum atomic E-state index is -1.39. The number of carbonyl (C=O) groups is 3. The highest BCUT2D eigenvalue weighted by atomic mass is 19.1. The van der Waals surface area contributed by atoms with Crippen LogP contribution in [0.2, 0.25) is 0 Å². The highest BCUT2D eigenvalue weighted by Crippen LogP contribution is 2.26. The third-order valence-corrected chi connectivity index (χ3v) is 4.41. The molecule has 0 N–H and O–H groups in total. The standard InChI is InChI=1S/C23H31FN2O6/c1-22(2,3)31-20(28)26(21(29)32-23(4,5)6)18(19(27)30-8)11-14-13-25(7)17-10-9-15(24)12-16(14)17/h9-10,12-13,18H,11H2,1-8H3. The molecule has 1 aromatic carbocycles. The Hall–Kier alpha value is -3.10. The van der Waals surface area contributed by atoms with Gasteiger partial charge in [-0.3, -0.25) is 0 Å². The first kappa shape index (κ1) is 25.2. The molecule has 0 saturated heterocycles. The summed E-state index contributed by atoms with van der Waals surface area (Å²) in [7, 11) is 2.93. The molecule has 2 rings (SSSR count). The molecule has 0 bridgehead atoms. The van der Waals surface area contributed by atoms with Crippen molar-refractivity contribution in [2.24, 2.45) is 7.05 Å². The van der Waals surface area contributed by atoms with Crippen LogP contribution in [-0.4, -0.2) is 52.0 Å². The van der Waals surface area contributed by atoms with Crippen molar-refractivity contribution in [1.82, 2.24) is 9.47 Å². The number of aryl methyl sites for hydroxylation is 1. The average Bonchev–Trinajstić information content (AvgIpc) is 2.92. The summed E-state index contributed by atoms with van der Waals surface area (Å²) in [4.78, 5) is 39.4. The second-order valence-electron chi connectivity index (χ2n) is 9.50. The van der Waals surface area contributed by atoms with Crippen LogP contribution >= 0.6 is 0 Å². The van der Waals surface area contributed by atoms with E-state index in [0.717, 1.165) is 12.6 Å². The first-order valence-electron chi connectivity index (χ1n) is 10.2. The number of esters is 1. The van der Waals surface area contributed by atoms with Gasteiger partial charge in [0.15, 0.2) is 0 Å². The van der Waals surface area contributed by atoms with Crippen molar-refractivity contribution in [3.8, 4) is 0 Å². The Bertz CT molecular complexity index is 988. The van der Waals surface area contributed by atoms with E-state index in [2.05, 4.69) is 0 Å². The maximum absolute atomic E-state index is 13.9. The van der Waals surface area contributed by atoms with Crippen molar-refractivity contribution in [3.63, 3.8) is 0 Å². The van der Waals surface area contributed by atoms with Crippen LogP contribution in [0, 0.1) is 5.82 Å². The predicted molar refractivity (Wildman–Crippen MR) is 117 cm³/mol. The van der Waals surface area contributed by atoms with E-state index in [-0.39, 0.29) is 6.42 Å². The van der Waals surface area contributed by atoms with E-state index in [1.54, 1.807) is 65.4 Å². The van der Waals surface area contributed by atoms with E-state index in [1.807, 2.05) is 0 Å². The van der Waals surface area contributed by atoms with E-state index in [0.29, 0.717) is 15.8 Å². The number of hydrogen-bond acceptors (Lipinski definition) is 6. The molecule has 9 heteroatoms. The lowest BCUT2D eigenvalue weighted by Gasteiger charge is -2.32. The maximum atomic E-state index is 13.9. The topological polar surface area (TPSA) is 87.1 Å².